The molecule has 3 rings (SSSR count). The molecular formula is C20H28N4O3S. The molecule has 0 unspecified atom stereocenters. The SMILES string of the molecule is Cn1cc(S(=O)(=O)N2CCCCC2)cc1C(=O)NCCCNc1ccccc1. The molecule has 1 aliphatic rings. The highest BCUT2D eigenvalue weighted by Crippen LogP contribution is 2.22. The van der Waals surface area contributed by atoms with Gasteiger partial charge in [0, 0.05) is 45.1 Å². The number of rotatable bonds is 8. The third-order valence-electron chi connectivity index (χ3n) is 4.91. The van der Waals surface area contributed by atoms with Gasteiger partial charge in [0.2, 0.25) is 10.0 Å². The van der Waals surface area contributed by atoms with Crippen LogP contribution in [0.5, 0.6) is 0 Å². The number of benzene rings is 1. The van der Waals surface area contributed by atoms with E-state index in [0.29, 0.717) is 25.3 Å². The van der Waals surface area contributed by atoms with Crippen molar-refractivity contribution in [1.82, 2.24) is 14.2 Å². The predicted octanol–water partition coefficient (Wildman–Crippen LogP) is 2.43. The molecule has 1 aromatic carbocycles. The summed E-state index contributed by atoms with van der Waals surface area (Å²) >= 11 is 0. The third kappa shape index (κ3) is 4.94. The topological polar surface area (TPSA) is 83.4 Å². The second kappa shape index (κ2) is 9.25. The van der Waals surface area contributed by atoms with E-state index in [0.717, 1.165) is 37.9 Å². The number of sulfonamides is 1. The average molecular weight is 405 g/mol. The Kier molecular flexibility index (Phi) is 6.74. The van der Waals surface area contributed by atoms with Gasteiger partial charge in [-0.05, 0) is 37.5 Å². The zero-order chi connectivity index (χ0) is 20.0. The van der Waals surface area contributed by atoms with Gasteiger partial charge in [0.15, 0.2) is 0 Å². The standard InChI is InChI=1S/C20H28N4O3S/c1-23-16-18(28(26,27)24-13-6-3-7-14-24)15-19(23)20(25)22-12-8-11-21-17-9-4-2-5-10-17/h2,4-5,9-10,15-16,21H,3,6-8,11-14H2,1H3,(H,22,25). The predicted molar refractivity (Wildman–Crippen MR) is 110 cm³/mol. The Morgan fingerprint density at radius 1 is 1.07 bits per heavy atom. The number of carbonyl (C=O) groups excluding carboxylic acids is 1. The first-order chi connectivity index (χ1) is 13.5. The van der Waals surface area contributed by atoms with Gasteiger partial charge >= 0.3 is 0 Å². The molecule has 0 bridgehead atoms. The summed E-state index contributed by atoms with van der Waals surface area (Å²) in [5.41, 5.74) is 1.40. The Morgan fingerprint density at radius 3 is 2.50 bits per heavy atom. The Labute approximate surface area is 166 Å². The lowest BCUT2D eigenvalue weighted by molar-refractivity contribution is 0.0945. The molecule has 0 spiro atoms. The van der Waals surface area contributed by atoms with Crippen molar-refractivity contribution in [1.29, 1.82) is 0 Å². The van der Waals surface area contributed by atoms with Crippen LogP contribution >= 0.6 is 0 Å². The van der Waals surface area contributed by atoms with E-state index in [1.54, 1.807) is 11.6 Å². The second-order valence-corrected chi connectivity index (χ2v) is 8.98. The van der Waals surface area contributed by atoms with Crippen LogP contribution in [0.15, 0.2) is 47.5 Å². The van der Waals surface area contributed by atoms with Crippen molar-refractivity contribution in [3.63, 3.8) is 0 Å². The molecule has 0 atom stereocenters. The number of para-hydroxylation sites is 1. The minimum absolute atomic E-state index is 0.188. The third-order valence-corrected chi connectivity index (χ3v) is 6.77. The number of piperidine rings is 1. The first-order valence-corrected chi connectivity index (χ1v) is 11.2. The maximum Gasteiger partial charge on any atom is 0.267 e. The van der Waals surface area contributed by atoms with Crippen LogP contribution in [-0.4, -0.2) is 49.4 Å². The number of nitrogens with one attached hydrogen (secondary N) is 2. The highest BCUT2D eigenvalue weighted by Gasteiger charge is 2.28. The molecule has 0 saturated carbocycles. The van der Waals surface area contributed by atoms with E-state index in [1.165, 1.54) is 16.6 Å². The Hall–Kier alpha value is -2.32. The normalized spacial score (nSPS) is 15.3. The molecule has 1 saturated heterocycles. The molecule has 2 N–H and O–H groups in total. The van der Waals surface area contributed by atoms with E-state index >= 15 is 0 Å². The first-order valence-electron chi connectivity index (χ1n) is 9.72. The fourth-order valence-electron chi connectivity index (χ4n) is 3.32. The van der Waals surface area contributed by atoms with Crippen molar-refractivity contribution in [2.75, 3.05) is 31.5 Å². The van der Waals surface area contributed by atoms with Gasteiger partial charge in [-0.2, -0.15) is 4.31 Å². The summed E-state index contributed by atoms with van der Waals surface area (Å²) in [5.74, 6) is -0.262. The maximum atomic E-state index is 12.8. The van der Waals surface area contributed by atoms with Gasteiger partial charge in [-0.25, -0.2) is 8.42 Å². The summed E-state index contributed by atoms with van der Waals surface area (Å²) < 4.78 is 28.7. The lowest BCUT2D eigenvalue weighted by Gasteiger charge is -2.25. The summed E-state index contributed by atoms with van der Waals surface area (Å²) in [6.07, 6.45) is 5.13. The van der Waals surface area contributed by atoms with E-state index in [1.807, 2.05) is 30.3 Å². The summed E-state index contributed by atoms with van der Waals surface area (Å²) in [4.78, 5) is 12.6. The fraction of sp³-hybridized carbons (Fsp3) is 0.450. The van der Waals surface area contributed by atoms with Gasteiger partial charge in [0.05, 0.1) is 0 Å². The molecule has 1 fully saturated rings. The number of aryl methyl sites for hydroxylation is 1. The molecule has 8 heteroatoms. The van der Waals surface area contributed by atoms with Gasteiger partial charge in [-0.3, -0.25) is 4.79 Å². The lowest BCUT2D eigenvalue weighted by Crippen LogP contribution is -2.35. The molecule has 1 amide bonds. The summed E-state index contributed by atoms with van der Waals surface area (Å²) in [7, 11) is -1.84. The molecule has 0 radical (unpaired) electrons. The van der Waals surface area contributed by atoms with Gasteiger partial charge in [0.25, 0.3) is 5.91 Å². The average Bonchev–Trinajstić information content (AvgIpc) is 3.12. The van der Waals surface area contributed by atoms with E-state index in [4.69, 9.17) is 0 Å². The lowest BCUT2D eigenvalue weighted by atomic mass is 10.2. The van der Waals surface area contributed by atoms with Crippen molar-refractivity contribution in [3.8, 4) is 0 Å². The number of nitrogens with zero attached hydrogens (tertiary/aromatic N) is 2. The number of anilines is 1. The quantitative estimate of drug-likeness (QED) is 0.662. The summed E-state index contributed by atoms with van der Waals surface area (Å²) in [6.45, 7) is 2.35. The molecule has 1 aromatic heterocycles. The van der Waals surface area contributed by atoms with Crippen LogP contribution in [0.4, 0.5) is 5.69 Å². The number of hydrogen-bond acceptors (Lipinski definition) is 4. The molecule has 152 valence electrons. The molecule has 2 heterocycles. The Balaban J connectivity index is 1.53. The summed E-state index contributed by atoms with van der Waals surface area (Å²) in [6, 6.07) is 11.4. The first kappa shape index (κ1) is 20.4. The summed E-state index contributed by atoms with van der Waals surface area (Å²) in [5, 5.41) is 6.15. The largest absolute Gasteiger partial charge is 0.385 e. The van der Waals surface area contributed by atoms with Crippen LogP contribution in [0.25, 0.3) is 0 Å². The maximum absolute atomic E-state index is 12.8. The van der Waals surface area contributed by atoms with Crippen LogP contribution in [0, 0.1) is 0 Å². The highest BCUT2D eigenvalue weighted by atomic mass is 32.2. The van der Waals surface area contributed by atoms with Crippen LogP contribution in [0.2, 0.25) is 0 Å². The van der Waals surface area contributed by atoms with Gasteiger partial charge in [-0.1, -0.05) is 24.6 Å². The molecular weight excluding hydrogens is 376 g/mol. The van der Waals surface area contributed by atoms with Crippen molar-refractivity contribution in [2.24, 2.45) is 7.05 Å². The zero-order valence-electron chi connectivity index (χ0n) is 16.2. The van der Waals surface area contributed by atoms with E-state index < -0.39 is 10.0 Å². The molecule has 7 nitrogen and oxygen atoms in total. The second-order valence-electron chi connectivity index (χ2n) is 7.04. The van der Waals surface area contributed by atoms with Crippen LogP contribution in [0.3, 0.4) is 0 Å². The zero-order valence-corrected chi connectivity index (χ0v) is 17.0. The highest BCUT2D eigenvalue weighted by molar-refractivity contribution is 7.89. The van der Waals surface area contributed by atoms with E-state index in [2.05, 4.69) is 10.6 Å². The van der Waals surface area contributed by atoms with Crippen molar-refractivity contribution in [3.05, 3.63) is 48.3 Å². The molecule has 28 heavy (non-hydrogen) atoms. The van der Waals surface area contributed by atoms with Crippen molar-refractivity contribution < 1.29 is 13.2 Å². The molecule has 1 aliphatic heterocycles. The van der Waals surface area contributed by atoms with Crippen molar-refractivity contribution in [2.45, 2.75) is 30.6 Å². The number of hydrogen-bond donors (Lipinski definition) is 2. The van der Waals surface area contributed by atoms with E-state index in [-0.39, 0.29) is 10.8 Å². The number of carbonyl (C=O) groups is 1. The van der Waals surface area contributed by atoms with E-state index in [9.17, 15) is 13.2 Å². The van der Waals surface area contributed by atoms with Crippen molar-refractivity contribution >= 4 is 21.6 Å². The monoisotopic (exact) mass is 404 g/mol. The number of aromatic nitrogens is 1. The molecule has 2 aromatic rings. The molecule has 0 aliphatic carbocycles. The van der Waals surface area contributed by atoms with Crippen LogP contribution < -0.4 is 10.6 Å². The van der Waals surface area contributed by atoms with Gasteiger partial charge < -0.3 is 15.2 Å². The minimum atomic E-state index is -3.53. The van der Waals surface area contributed by atoms with Crippen LogP contribution in [0.1, 0.15) is 36.2 Å². The smallest absolute Gasteiger partial charge is 0.267 e. The fourth-order valence-corrected chi connectivity index (χ4v) is 4.91. The Morgan fingerprint density at radius 2 is 1.79 bits per heavy atom. The van der Waals surface area contributed by atoms with Gasteiger partial charge in [0.1, 0.15) is 10.6 Å². The minimum Gasteiger partial charge on any atom is -0.385 e. The van der Waals surface area contributed by atoms with Gasteiger partial charge in [-0.15, -0.1) is 0 Å². The van der Waals surface area contributed by atoms with Crippen LogP contribution in [-0.2, 0) is 17.1 Å². The Bertz CT molecular complexity index is 887. The number of amides is 1.